The zero-order valence-corrected chi connectivity index (χ0v) is 20.5. The average molecular weight is 503 g/mol. The van der Waals surface area contributed by atoms with Crippen molar-refractivity contribution in [2.75, 3.05) is 0 Å². The van der Waals surface area contributed by atoms with E-state index in [1.807, 2.05) is 121 Å². The second-order valence-electron chi connectivity index (χ2n) is 9.80. The van der Waals surface area contributed by atoms with Crippen molar-refractivity contribution in [3.05, 3.63) is 153 Å². The lowest BCUT2D eigenvalue weighted by Crippen LogP contribution is -2.60. The van der Waals surface area contributed by atoms with Gasteiger partial charge in [0.1, 0.15) is 5.78 Å². The van der Waals surface area contributed by atoms with Crippen LogP contribution in [0.2, 0.25) is 0 Å². The number of Topliss-reactive ketones (excluding diaryl/α,β-unsaturated/α-hetero) is 1. The minimum atomic E-state index is -0.750. The van der Waals surface area contributed by atoms with Crippen molar-refractivity contribution in [3.63, 3.8) is 0 Å². The zero-order valence-electron chi connectivity index (χ0n) is 20.5. The Morgan fingerprint density at radius 1 is 0.421 bits per heavy atom. The van der Waals surface area contributed by atoms with E-state index in [2.05, 4.69) is 10.6 Å². The number of piperidine rings is 2. The van der Waals surface area contributed by atoms with Gasteiger partial charge in [-0.15, -0.1) is 9.81 Å². The van der Waals surface area contributed by atoms with E-state index in [4.69, 9.17) is 0 Å². The second kappa shape index (κ2) is 10.0. The number of carbonyl (C=O) groups excluding carboxylic acids is 1. The van der Waals surface area contributed by atoms with Gasteiger partial charge in [-0.2, -0.15) is 0 Å². The Hall–Kier alpha value is -4.65. The maximum atomic E-state index is 14.7. The van der Waals surface area contributed by atoms with Crippen LogP contribution in [0.1, 0.15) is 46.4 Å². The average Bonchev–Trinajstić information content (AvgIpc) is 2.98. The van der Waals surface area contributed by atoms with Gasteiger partial charge in [0.25, 0.3) is 0 Å². The highest BCUT2D eigenvalue weighted by molar-refractivity contribution is 5.89. The highest BCUT2D eigenvalue weighted by atomic mass is 16.3. The lowest BCUT2D eigenvalue weighted by molar-refractivity contribution is -0.166. The topological polar surface area (TPSA) is 82.4 Å². The molecule has 0 amide bonds. The van der Waals surface area contributed by atoms with Gasteiger partial charge in [-0.3, -0.25) is 4.79 Å². The maximum absolute atomic E-state index is 14.7. The molecule has 4 unspecified atom stereocenters. The van der Waals surface area contributed by atoms with Crippen molar-refractivity contribution >= 4 is 5.78 Å². The Labute approximate surface area is 220 Å². The van der Waals surface area contributed by atoms with E-state index < -0.39 is 36.0 Å². The predicted molar refractivity (Wildman–Crippen MR) is 144 cm³/mol. The van der Waals surface area contributed by atoms with E-state index in [0.717, 1.165) is 22.3 Å². The third kappa shape index (κ3) is 3.78. The molecule has 2 aliphatic heterocycles. The van der Waals surface area contributed by atoms with Crippen LogP contribution in [-0.2, 0) is 4.79 Å². The van der Waals surface area contributed by atoms with Gasteiger partial charge in [0.15, 0.2) is 0 Å². The predicted octanol–water partition coefficient (Wildman–Crippen LogP) is 6.75. The molecule has 6 rings (SSSR count). The van der Waals surface area contributed by atoms with Gasteiger partial charge in [0, 0.05) is 0 Å². The number of hydrogen-bond acceptors (Lipinski definition) is 5. The van der Waals surface area contributed by atoms with Gasteiger partial charge in [-0.1, -0.05) is 121 Å². The molecule has 0 aromatic heterocycles. The van der Waals surface area contributed by atoms with Crippen LogP contribution < -0.4 is 0 Å². The molecule has 0 radical (unpaired) electrons. The first-order valence-electron chi connectivity index (χ1n) is 12.7. The van der Waals surface area contributed by atoms with Crippen molar-refractivity contribution < 1.29 is 4.79 Å². The molecule has 4 atom stereocenters. The van der Waals surface area contributed by atoms with Gasteiger partial charge in [0.2, 0.25) is 0 Å². The Morgan fingerprint density at radius 2 is 0.658 bits per heavy atom. The minimum Gasteiger partial charge on any atom is -0.299 e. The molecule has 0 aliphatic carbocycles. The Morgan fingerprint density at radius 3 is 0.868 bits per heavy atom. The van der Waals surface area contributed by atoms with Crippen molar-refractivity contribution in [1.29, 1.82) is 0 Å². The first-order valence-corrected chi connectivity index (χ1v) is 12.7. The highest BCUT2D eigenvalue weighted by Crippen LogP contribution is 2.60. The number of nitrogens with zero attached hydrogens (tertiary/aromatic N) is 4. The lowest BCUT2D eigenvalue weighted by atomic mass is 9.63. The molecule has 2 heterocycles. The molecule has 2 fully saturated rings. The molecule has 7 heteroatoms. The van der Waals surface area contributed by atoms with Crippen molar-refractivity contribution in [3.8, 4) is 0 Å². The van der Waals surface area contributed by atoms with Crippen LogP contribution in [0.15, 0.2) is 132 Å². The quantitative estimate of drug-likeness (QED) is 0.273. The Bertz CT molecular complexity index is 1210. The minimum absolute atomic E-state index is 0.00443. The number of hydrogen-bond donors (Lipinski definition) is 0. The molecular formula is C31H26N4O3. The van der Waals surface area contributed by atoms with Crippen LogP contribution in [0, 0.1) is 21.6 Å². The summed E-state index contributed by atoms with van der Waals surface area (Å²) < 4.78 is 0. The van der Waals surface area contributed by atoms with Crippen molar-refractivity contribution in [2.45, 2.75) is 24.2 Å². The first kappa shape index (κ1) is 23.7. The molecule has 2 bridgehead atoms. The number of carbonyl (C=O) groups is 1. The summed E-state index contributed by atoms with van der Waals surface area (Å²) >= 11 is 0. The number of rotatable bonds is 6. The van der Waals surface area contributed by atoms with Crippen molar-refractivity contribution in [2.24, 2.45) is 22.4 Å². The summed E-state index contributed by atoms with van der Waals surface area (Å²) in [6, 6.07) is 35.1. The number of ketones is 1. The van der Waals surface area contributed by atoms with Crippen LogP contribution in [0.3, 0.4) is 0 Å². The zero-order chi connectivity index (χ0) is 26.1. The summed E-state index contributed by atoms with van der Waals surface area (Å²) in [7, 11) is 0. The standard InChI is InChI=1S/C31H26N4O3/c36-31-25-27(21-13-5-1-6-14-21)34(32-37)29(23-17-9-3-10-18-23)26(31)30(24-19-11-4-12-20-24)35(33-38)28(25)22-15-7-2-8-16-22/h1-20,25-30H. The Balaban J connectivity index is 1.64. The SMILES string of the molecule is O=NN1C(c2ccccc2)C2C(=O)C(C1c1ccccc1)C(c1ccccc1)N(N=O)C2c1ccccc1. The molecule has 0 spiro atoms. The molecule has 7 nitrogen and oxygen atoms in total. The third-order valence-corrected chi connectivity index (χ3v) is 7.91. The highest BCUT2D eigenvalue weighted by Gasteiger charge is 2.62. The Kier molecular flexibility index (Phi) is 6.25. The fraction of sp³-hybridized carbons (Fsp3) is 0.194. The van der Waals surface area contributed by atoms with Crippen LogP contribution in [0.5, 0.6) is 0 Å². The molecule has 4 aromatic carbocycles. The smallest absolute Gasteiger partial charge is 0.148 e. The van der Waals surface area contributed by atoms with Crippen LogP contribution >= 0.6 is 0 Å². The first-order chi connectivity index (χ1) is 18.7. The summed E-state index contributed by atoms with van der Waals surface area (Å²) in [5.41, 5.74) is 3.15. The van der Waals surface area contributed by atoms with E-state index in [1.54, 1.807) is 10.0 Å². The van der Waals surface area contributed by atoms with Crippen LogP contribution in [0.4, 0.5) is 0 Å². The molecule has 0 N–H and O–H groups in total. The second-order valence-corrected chi connectivity index (χ2v) is 9.80. The number of fused-ring (bicyclic) bond motifs is 2. The normalized spacial score (nSPS) is 26.6. The number of nitroso groups, excluding NO2 is 2. The van der Waals surface area contributed by atoms with Gasteiger partial charge in [0.05, 0.1) is 46.6 Å². The molecule has 38 heavy (non-hydrogen) atoms. The van der Waals surface area contributed by atoms with Gasteiger partial charge in [-0.25, -0.2) is 10.0 Å². The summed E-state index contributed by atoms with van der Waals surface area (Å²) in [5, 5.41) is 10.3. The molecule has 0 saturated carbocycles. The summed E-state index contributed by atoms with van der Waals surface area (Å²) in [5.74, 6) is -1.50. The fourth-order valence-electron chi connectivity index (χ4n) is 6.44. The monoisotopic (exact) mass is 502 g/mol. The van der Waals surface area contributed by atoms with E-state index in [-0.39, 0.29) is 5.78 Å². The van der Waals surface area contributed by atoms with E-state index in [1.165, 1.54) is 0 Å². The molecule has 4 aromatic rings. The molecule has 2 saturated heterocycles. The van der Waals surface area contributed by atoms with Gasteiger partial charge < -0.3 is 0 Å². The van der Waals surface area contributed by atoms with E-state index in [9.17, 15) is 14.6 Å². The maximum Gasteiger partial charge on any atom is 0.148 e. The molecule has 188 valence electrons. The van der Waals surface area contributed by atoms with Gasteiger partial charge in [-0.05, 0) is 22.3 Å². The van der Waals surface area contributed by atoms with Crippen LogP contribution in [-0.4, -0.2) is 15.8 Å². The summed E-state index contributed by atoms with van der Waals surface area (Å²) in [6.07, 6.45) is 0. The third-order valence-electron chi connectivity index (χ3n) is 7.91. The van der Waals surface area contributed by atoms with Crippen LogP contribution in [0.25, 0.3) is 0 Å². The fourth-order valence-corrected chi connectivity index (χ4v) is 6.44. The molecule has 2 aliphatic rings. The molecular weight excluding hydrogens is 476 g/mol. The van der Waals surface area contributed by atoms with E-state index >= 15 is 0 Å². The summed E-state index contributed by atoms with van der Waals surface area (Å²) in [6.45, 7) is 0. The van der Waals surface area contributed by atoms with Gasteiger partial charge >= 0.3 is 0 Å². The largest absolute Gasteiger partial charge is 0.299 e. The van der Waals surface area contributed by atoms with E-state index in [0.29, 0.717) is 0 Å². The lowest BCUT2D eigenvalue weighted by Gasteiger charge is -2.57. The van der Waals surface area contributed by atoms with Crippen molar-refractivity contribution in [1.82, 2.24) is 10.0 Å². The number of benzene rings is 4. The summed E-state index contributed by atoms with van der Waals surface area (Å²) in [4.78, 5) is 40.3.